The topological polar surface area (TPSA) is 60.8 Å². The van der Waals surface area contributed by atoms with Gasteiger partial charge in [-0.1, -0.05) is 29.3 Å². The second-order valence-corrected chi connectivity index (χ2v) is 4.10. The third-order valence-electron chi connectivity index (χ3n) is 1.90. The van der Waals surface area contributed by atoms with Crippen LogP contribution in [0.2, 0.25) is 10.0 Å². The van der Waals surface area contributed by atoms with Crippen molar-refractivity contribution >= 4 is 35.0 Å². The fourth-order valence-corrected chi connectivity index (χ4v) is 1.64. The minimum Gasteiger partial charge on any atom is -0.465 e. The van der Waals surface area contributed by atoms with Crippen LogP contribution in [0.5, 0.6) is 0 Å². The van der Waals surface area contributed by atoms with Crippen LogP contribution in [0.3, 0.4) is 0 Å². The number of halogens is 2. The summed E-state index contributed by atoms with van der Waals surface area (Å²) in [6.45, 7) is 1.43. The Hall–Kier alpha value is -0.970. The van der Waals surface area contributed by atoms with Gasteiger partial charge >= 0.3 is 6.09 Å². The van der Waals surface area contributed by atoms with Gasteiger partial charge in [0.15, 0.2) is 0 Å². The van der Waals surface area contributed by atoms with Crippen molar-refractivity contribution in [2.75, 3.05) is 11.4 Å². The van der Waals surface area contributed by atoms with Gasteiger partial charge in [0.05, 0.1) is 28.4 Å². The summed E-state index contributed by atoms with van der Waals surface area (Å²) in [5, 5.41) is 18.6. The fraction of sp³-hybridized carbons (Fsp3) is 0.300. The van der Waals surface area contributed by atoms with E-state index >= 15 is 0 Å². The summed E-state index contributed by atoms with van der Waals surface area (Å²) in [4.78, 5) is 12.0. The van der Waals surface area contributed by atoms with Crippen LogP contribution in [0.15, 0.2) is 18.2 Å². The molecule has 0 aromatic heterocycles. The number of hydrogen-bond donors (Lipinski definition) is 2. The highest BCUT2D eigenvalue weighted by molar-refractivity contribution is 6.44. The lowest BCUT2D eigenvalue weighted by molar-refractivity contribution is 0.180. The van der Waals surface area contributed by atoms with Crippen molar-refractivity contribution in [2.45, 2.75) is 13.0 Å². The Kier molecular flexibility index (Phi) is 4.41. The van der Waals surface area contributed by atoms with Gasteiger partial charge < -0.3 is 10.2 Å². The number of rotatable bonds is 3. The molecule has 0 saturated carbocycles. The van der Waals surface area contributed by atoms with Gasteiger partial charge in [-0.3, -0.25) is 4.90 Å². The van der Waals surface area contributed by atoms with Gasteiger partial charge in [0.2, 0.25) is 0 Å². The maximum atomic E-state index is 11.0. The molecule has 0 bridgehead atoms. The molecular weight excluding hydrogens is 253 g/mol. The molecule has 0 saturated heterocycles. The number of carboxylic acid groups (broad SMARTS) is 1. The average Bonchev–Trinajstić information content (AvgIpc) is 2.18. The van der Waals surface area contributed by atoms with E-state index in [0.717, 1.165) is 4.90 Å². The maximum Gasteiger partial charge on any atom is 0.411 e. The molecule has 0 heterocycles. The number of aliphatic hydroxyl groups excluding tert-OH is 1. The Labute approximate surface area is 103 Å². The van der Waals surface area contributed by atoms with E-state index in [9.17, 15) is 9.90 Å². The van der Waals surface area contributed by atoms with Gasteiger partial charge in [0.1, 0.15) is 0 Å². The Morgan fingerprint density at radius 2 is 2.12 bits per heavy atom. The minimum absolute atomic E-state index is 0.0601. The number of benzene rings is 1. The maximum absolute atomic E-state index is 11.0. The first-order chi connectivity index (χ1) is 7.43. The van der Waals surface area contributed by atoms with Crippen molar-refractivity contribution < 1.29 is 15.0 Å². The summed E-state index contributed by atoms with van der Waals surface area (Å²) < 4.78 is 0. The predicted molar refractivity (Wildman–Crippen MR) is 63.5 cm³/mol. The van der Waals surface area contributed by atoms with Crippen LogP contribution >= 0.6 is 23.2 Å². The SMILES string of the molecule is C[C@@H](O)CN(C(=O)O)c1cccc(Cl)c1Cl. The zero-order valence-electron chi connectivity index (χ0n) is 8.52. The Morgan fingerprint density at radius 3 is 2.62 bits per heavy atom. The Morgan fingerprint density at radius 1 is 1.50 bits per heavy atom. The molecule has 1 aromatic rings. The van der Waals surface area contributed by atoms with E-state index < -0.39 is 12.2 Å². The van der Waals surface area contributed by atoms with Gasteiger partial charge in [-0.25, -0.2) is 4.79 Å². The molecule has 6 heteroatoms. The highest BCUT2D eigenvalue weighted by Gasteiger charge is 2.19. The molecule has 0 aliphatic heterocycles. The van der Waals surface area contributed by atoms with Gasteiger partial charge in [-0.2, -0.15) is 0 Å². The van der Waals surface area contributed by atoms with Crippen LogP contribution < -0.4 is 4.90 Å². The number of carbonyl (C=O) groups is 1. The van der Waals surface area contributed by atoms with E-state index in [1.165, 1.54) is 13.0 Å². The second-order valence-electron chi connectivity index (χ2n) is 3.32. The van der Waals surface area contributed by atoms with Crippen LogP contribution in [0.4, 0.5) is 10.5 Å². The molecule has 0 unspecified atom stereocenters. The number of amides is 1. The van der Waals surface area contributed by atoms with Gasteiger partial charge in [0, 0.05) is 0 Å². The normalized spacial score (nSPS) is 12.2. The number of hydrogen-bond acceptors (Lipinski definition) is 2. The molecule has 1 amide bonds. The van der Waals surface area contributed by atoms with Crippen molar-refractivity contribution in [3.05, 3.63) is 28.2 Å². The van der Waals surface area contributed by atoms with Crippen molar-refractivity contribution in [3.63, 3.8) is 0 Å². The van der Waals surface area contributed by atoms with Crippen LogP contribution in [0, 0.1) is 0 Å². The van der Waals surface area contributed by atoms with Crippen molar-refractivity contribution in [3.8, 4) is 0 Å². The number of nitrogens with zero attached hydrogens (tertiary/aromatic N) is 1. The van der Waals surface area contributed by atoms with E-state index in [2.05, 4.69) is 0 Å². The van der Waals surface area contributed by atoms with Crippen molar-refractivity contribution in [2.24, 2.45) is 0 Å². The number of anilines is 1. The molecule has 0 spiro atoms. The van der Waals surface area contributed by atoms with E-state index in [4.69, 9.17) is 28.3 Å². The third-order valence-corrected chi connectivity index (χ3v) is 2.71. The van der Waals surface area contributed by atoms with Crippen LogP contribution in [-0.2, 0) is 0 Å². The molecule has 0 aliphatic rings. The zero-order valence-corrected chi connectivity index (χ0v) is 10.0. The third kappa shape index (κ3) is 3.01. The first-order valence-corrected chi connectivity index (χ1v) is 5.31. The largest absolute Gasteiger partial charge is 0.465 e. The van der Waals surface area contributed by atoms with Crippen LogP contribution in [-0.4, -0.2) is 29.0 Å². The Balaban J connectivity index is 3.11. The molecule has 0 radical (unpaired) electrons. The van der Waals surface area contributed by atoms with E-state index in [0.29, 0.717) is 0 Å². The summed E-state index contributed by atoms with van der Waals surface area (Å²) in [7, 11) is 0. The Bertz CT molecular complexity index is 396. The summed E-state index contributed by atoms with van der Waals surface area (Å²) in [6.07, 6.45) is -1.98. The smallest absolute Gasteiger partial charge is 0.411 e. The average molecular weight is 264 g/mol. The van der Waals surface area contributed by atoms with Crippen LogP contribution in [0.25, 0.3) is 0 Å². The van der Waals surface area contributed by atoms with Crippen molar-refractivity contribution in [1.29, 1.82) is 0 Å². The molecule has 88 valence electrons. The quantitative estimate of drug-likeness (QED) is 0.882. The number of aliphatic hydroxyl groups is 1. The lowest BCUT2D eigenvalue weighted by Crippen LogP contribution is -2.35. The minimum atomic E-state index is -1.19. The standard InChI is InChI=1S/C10H11Cl2NO3/c1-6(14)5-13(10(15)16)8-4-2-3-7(11)9(8)12/h2-4,6,14H,5H2,1H3,(H,15,16)/t6-/m1/s1. The zero-order chi connectivity index (χ0) is 12.3. The van der Waals surface area contributed by atoms with E-state index in [1.807, 2.05) is 0 Å². The fourth-order valence-electron chi connectivity index (χ4n) is 1.24. The summed E-state index contributed by atoms with van der Waals surface area (Å²) in [5.41, 5.74) is 0.266. The molecule has 16 heavy (non-hydrogen) atoms. The molecule has 1 aromatic carbocycles. The summed E-state index contributed by atoms with van der Waals surface area (Å²) in [6, 6.07) is 4.70. The van der Waals surface area contributed by atoms with Gasteiger partial charge in [-0.15, -0.1) is 0 Å². The van der Waals surface area contributed by atoms with E-state index in [1.54, 1.807) is 12.1 Å². The van der Waals surface area contributed by atoms with Gasteiger partial charge in [0.25, 0.3) is 0 Å². The van der Waals surface area contributed by atoms with E-state index in [-0.39, 0.29) is 22.3 Å². The lowest BCUT2D eigenvalue weighted by atomic mass is 10.2. The summed E-state index contributed by atoms with van der Waals surface area (Å²) in [5.74, 6) is 0. The predicted octanol–water partition coefficient (Wildman–Crippen LogP) is 2.86. The monoisotopic (exact) mass is 263 g/mol. The summed E-state index contributed by atoms with van der Waals surface area (Å²) >= 11 is 11.7. The molecule has 1 atom stereocenters. The highest BCUT2D eigenvalue weighted by Crippen LogP contribution is 2.32. The first kappa shape index (κ1) is 13.1. The molecular formula is C10H11Cl2NO3. The molecule has 0 aliphatic carbocycles. The first-order valence-electron chi connectivity index (χ1n) is 4.56. The van der Waals surface area contributed by atoms with Crippen LogP contribution in [0.1, 0.15) is 6.92 Å². The molecule has 1 rings (SSSR count). The second kappa shape index (κ2) is 5.39. The molecule has 2 N–H and O–H groups in total. The highest BCUT2D eigenvalue weighted by atomic mass is 35.5. The van der Waals surface area contributed by atoms with Crippen molar-refractivity contribution in [1.82, 2.24) is 0 Å². The lowest BCUT2D eigenvalue weighted by Gasteiger charge is -2.22. The molecule has 0 fully saturated rings. The van der Waals surface area contributed by atoms with Gasteiger partial charge in [-0.05, 0) is 19.1 Å². The molecule has 4 nitrogen and oxygen atoms in total.